The molecule has 0 aliphatic rings. The van der Waals surface area contributed by atoms with Gasteiger partial charge in [-0.05, 0) is 48.3 Å². The van der Waals surface area contributed by atoms with Crippen LogP contribution in [-0.4, -0.2) is 18.5 Å². The molecule has 0 bridgehead atoms. The fourth-order valence-corrected chi connectivity index (χ4v) is 2.01. The van der Waals surface area contributed by atoms with E-state index < -0.39 is 0 Å². The summed E-state index contributed by atoms with van der Waals surface area (Å²) in [5, 5.41) is 0. The highest BCUT2D eigenvalue weighted by Gasteiger charge is 2.17. The Labute approximate surface area is 111 Å². The van der Waals surface area contributed by atoms with Crippen molar-refractivity contribution in [1.29, 1.82) is 0 Å². The number of anilines is 1. The van der Waals surface area contributed by atoms with E-state index in [0.717, 1.165) is 10.2 Å². The van der Waals surface area contributed by atoms with Gasteiger partial charge in [0.2, 0.25) is 5.91 Å². The monoisotopic (exact) mass is 298 g/mol. The van der Waals surface area contributed by atoms with E-state index in [1.807, 2.05) is 38.1 Å². The van der Waals surface area contributed by atoms with Crippen LogP contribution >= 0.6 is 15.9 Å². The van der Waals surface area contributed by atoms with Gasteiger partial charge in [-0.15, -0.1) is 0 Å². The van der Waals surface area contributed by atoms with E-state index in [-0.39, 0.29) is 11.4 Å². The lowest BCUT2D eigenvalue weighted by Gasteiger charge is -2.22. The van der Waals surface area contributed by atoms with Crippen LogP contribution in [0.2, 0.25) is 0 Å². The molecule has 1 aromatic rings. The van der Waals surface area contributed by atoms with Gasteiger partial charge in [0.15, 0.2) is 0 Å². The van der Waals surface area contributed by atoms with Crippen molar-refractivity contribution in [2.45, 2.75) is 32.2 Å². The quantitative estimate of drug-likeness (QED) is 0.929. The second kappa shape index (κ2) is 5.65. The standard InChI is InChI=1S/C13H19BrN2O/c1-13(2,15)9-8-12(17)16(3)11-7-5-4-6-10(11)14/h4-7H,8-9,15H2,1-3H3. The number of hydrogen-bond acceptors (Lipinski definition) is 2. The van der Waals surface area contributed by atoms with Crippen LogP contribution in [0.3, 0.4) is 0 Å². The molecule has 0 fully saturated rings. The molecule has 0 saturated carbocycles. The third-order valence-electron chi connectivity index (χ3n) is 2.57. The van der Waals surface area contributed by atoms with Crippen LogP contribution in [0.1, 0.15) is 26.7 Å². The minimum Gasteiger partial charge on any atom is -0.326 e. The Morgan fingerprint density at radius 2 is 2.00 bits per heavy atom. The molecule has 0 aliphatic heterocycles. The highest BCUT2D eigenvalue weighted by Crippen LogP contribution is 2.25. The molecular formula is C13H19BrN2O. The summed E-state index contributed by atoms with van der Waals surface area (Å²) in [4.78, 5) is 13.7. The minimum absolute atomic E-state index is 0.0791. The van der Waals surface area contributed by atoms with Gasteiger partial charge in [-0.2, -0.15) is 0 Å². The molecule has 2 N–H and O–H groups in total. The van der Waals surface area contributed by atoms with Crippen molar-refractivity contribution in [3.63, 3.8) is 0 Å². The maximum atomic E-state index is 12.0. The third-order valence-corrected chi connectivity index (χ3v) is 3.24. The van der Waals surface area contributed by atoms with Gasteiger partial charge in [0.25, 0.3) is 0 Å². The second-order valence-corrected chi connectivity index (χ2v) is 5.75. The summed E-state index contributed by atoms with van der Waals surface area (Å²) >= 11 is 3.44. The van der Waals surface area contributed by atoms with Crippen LogP contribution < -0.4 is 10.6 Å². The van der Waals surface area contributed by atoms with E-state index in [9.17, 15) is 4.79 Å². The maximum Gasteiger partial charge on any atom is 0.226 e. The largest absolute Gasteiger partial charge is 0.326 e. The number of amides is 1. The predicted molar refractivity (Wildman–Crippen MR) is 75.1 cm³/mol. The molecule has 3 nitrogen and oxygen atoms in total. The van der Waals surface area contributed by atoms with Gasteiger partial charge in [0.05, 0.1) is 5.69 Å². The van der Waals surface area contributed by atoms with E-state index in [4.69, 9.17) is 5.73 Å². The molecule has 0 radical (unpaired) electrons. The second-order valence-electron chi connectivity index (χ2n) is 4.89. The van der Waals surface area contributed by atoms with Crippen LogP contribution in [0.15, 0.2) is 28.7 Å². The number of benzene rings is 1. The van der Waals surface area contributed by atoms with Crippen molar-refractivity contribution < 1.29 is 4.79 Å². The molecule has 1 aromatic carbocycles. The predicted octanol–water partition coefficient (Wildman–Crippen LogP) is 2.93. The number of carbonyl (C=O) groups is 1. The SMILES string of the molecule is CN(C(=O)CCC(C)(C)N)c1ccccc1Br. The van der Waals surface area contributed by atoms with Crippen LogP contribution in [0.5, 0.6) is 0 Å². The van der Waals surface area contributed by atoms with E-state index in [1.165, 1.54) is 0 Å². The van der Waals surface area contributed by atoms with Crippen molar-refractivity contribution in [2.24, 2.45) is 5.73 Å². The molecule has 1 rings (SSSR count). The van der Waals surface area contributed by atoms with Crippen molar-refractivity contribution in [3.8, 4) is 0 Å². The average molecular weight is 299 g/mol. The number of para-hydroxylation sites is 1. The topological polar surface area (TPSA) is 46.3 Å². The first kappa shape index (κ1) is 14.2. The lowest BCUT2D eigenvalue weighted by Crippen LogP contribution is -2.35. The van der Waals surface area contributed by atoms with Gasteiger partial charge in [-0.1, -0.05) is 12.1 Å². The zero-order chi connectivity index (χ0) is 13.1. The van der Waals surface area contributed by atoms with Gasteiger partial charge in [-0.25, -0.2) is 0 Å². The molecular weight excluding hydrogens is 280 g/mol. The third kappa shape index (κ3) is 4.48. The number of nitrogens with zero attached hydrogens (tertiary/aromatic N) is 1. The van der Waals surface area contributed by atoms with Crippen LogP contribution in [0.25, 0.3) is 0 Å². The smallest absolute Gasteiger partial charge is 0.226 e. The molecule has 0 aliphatic carbocycles. The van der Waals surface area contributed by atoms with E-state index in [1.54, 1.807) is 11.9 Å². The molecule has 94 valence electrons. The Balaban J connectivity index is 2.68. The summed E-state index contributed by atoms with van der Waals surface area (Å²) in [7, 11) is 1.78. The molecule has 17 heavy (non-hydrogen) atoms. The molecule has 0 atom stereocenters. The van der Waals surface area contributed by atoms with E-state index >= 15 is 0 Å². The first-order valence-electron chi connectivity index (χ1n) is 5.61. The number of rotatable bonds is 4. The molecule has 1 amide bonds. The molecule has 0 saturated heterocycles. The lowest BCUT2D eigenvalue weighted by molar-refractivity contribution is -0.118. The van der Waals surface area contributed by atoms with Gasteiger partial charge < -0.3 is 10.6 Å². The summed E-state index contributed by atoms with van der Waals surface area (Å²) in [6.45, 7) is 3.86. The Morgan fingerprint density at radius 3 is 2.53 bits per heavy atom. The Morgan fingerprint density at radius 1 is 1.41 bits per heavy atom. The maximum absolute atomic E-state index is 12.0. The molecule has 0 spiro atoms. The summed E-state index contributed by atoms with van der Waals surface area (Å²) in [5.74, 6) is 0.0791. The van der Waals surface area contributed by atoms with Crippen LogP contribution in [-0.2, 0) is 4.79 Å². The van der Waals surface area contributed by atoms with E-state index in [2.05, 4.69) is 15.9 Å². The fourth-order valence-electron chi connectivity index (χ4n) is 1.45. The zero-order valence-electron chi connectivity index (χ0n) is 10.5. The highest BCUT2D eigenvalue weighted by molar-refractivity contribution is 9.10. The fraction of sp³-hybridized carbons (Fsp3) is 0.462. The lowest BCUT2D eigenvalue weighted by atomic mass is 10.00. The van der Waals surface area contributed by atoms with E-state index in [0.29, 0.717) is 12.8 Å². The molecule has 0 heterocycles. The molecule has 0 aromatic heterocycles. The Hall–Kier alpha value is -0.870. The van der Waals surface area contributed by atoms with Gasteiger partial charge in [-0.3, -0.25) is 4.79 Å². The number of carbonyl (C=O) groups excluding carboxylic acids is 1. The van der Waals surface area contributed by atoms with Crippen LogP contribution in [0, 0.1) is 0 Å². The average Bonchev–Trinajstić information content (AvgIpc) is 2.24. The summed E-state index contributed by atoms with van der Waals surface area (Å²) in [5.41, 5.74) is 6.45. The zero-order valence-corrected chi connectivity index (χ0v) is 12.1. The van der Waals surface area contributed by atoms with Gasteiger partial charge in [0, 0.05) is 23.5 Å². The van der Waals surface area contributed by atoms with Crippen molar-refractivity contribution in [1.82, 2.24) is 0 Å². The number of hydrogen-bond donors (Lipinski definition) is 1. The summed E-state index contributed by atoms with van der Waals surface area (Å²) in [6.07, 6.45) is 1.14. The first-order chi connectivity index (χ1) is 7.81. The highest BCUT2D eigenvalue weighted by atomic mass is 79.9. The minimum atomic E-state index is -0.301. The first-order valence-corrected chi connectivity index (χ1v) is 6.40. The van der Waals surface area contributed by atoms with Crippen molar-refractivity contribution >= 4 is 27.5 Å². The summed E-state index contributed by atoms with van der Waals surface area (Å²) in [6, 6.07) is 7.67. The Bertz CT molecular complexity index is 399. The van der Waals surface area contributed by atoms with Gasteiger partial charge in [0.1, 0.15) is 0 Å². The number of nitrogens with two attached hydrogens (primary N) is 1. The Kier molecular flexibility index (Phi) is 4.71. The summed E-state index contributed by atoms with van der Waals surface area (Å²) < 4.78 is 0.919. The molecule has 0 unspecified atom stereocenters. The van der Waals surface area contributed by atoms with Crippen molar-refractivity contribution in [3.05, 3.63) is 28.7 Å². The molecule has 4 heteroatoms. The van der Waals surface area contributed by atoms with Crippen molar-refractivity contribution in [2.75, 3.05) is 11.9 Å². The van der Waals surface area contributed by atoms with Gasteiger partial charge >= 0.3 is 0 Å². The normalized spacial score (nSPS) is 11.4. The number of halogens is 1. The van der Waals surface area contributed by atoms with Crippen LogP contribution in [0.4, 0.5) is 5.69 Å².